The van der Waals surface area contributed by atoms with Crippen molar-refractivity contribution in [3.05, 3.63) is 64.5 Å². The molecule has 0 unspecified atom stereocenters. The van der Waals surface area contributed by atoms with Crippen LogP contribution in [0.4, 0.5) is 10.6 Å². The minimum atomic E-state index is -0.739. The average molecular weight is 570 g/mol. The monoisotopic (exact) mass is 569 g/mol. The van der Waals surface area contributed by atoms with Gasteiger partial charge in [0, 0.05) is 55.4 Å². The van der Waals surface area contributed by atoms with E-state index in [1.807, 2.05) is 6.07 Å². The van der Waals surface area contributed by atoms with Crippen molar-refractivity contribution in [3.63, 3.8) is 0 Å². The third kappa shape index (κ3) is 5.69. The molecule has 39 heavy (non-hydrogen) atoms. The van der Waals surface area contributed by atoms with Crippen LogP contribution in [-0.4, -0.2) is 64.5 Å². The number of rotatable bonds is 7. The normalized spacial score (nSPS) is 15.4. The number of anilines is 1. The summed E-state index contributed by atoms with van der Waals surface area (Å²) in [6.07, 6.45) is 4.45. The molecule has 0 spiro atoms. The molecule has 0 saturated carbocycles. The van der Waals surface area contributed by atoms with Gasteiger partial charge >= 0.3 is 6.09 Å². The van der Waals surface area contributed by atoms with Crippen molar-refractivity contribution >= 4 is 46.1 Å². The smallest absolute Gasteiger partial charge is 0.418 e. The maximum atomic E-state index is 12.7. The van der Waals surface area contributed by atoms with Gasteiger partial charge in [-0.2, -0.15) is 0 Å². The first-order valence-corrected chi connectivity index (χ1v) is 12.8. The number of methoxy groups -OCH3 is 2. The minimum Gasteiger partial charge on any atom is -0.495 e. The van der Waals surface area contributed by atoms with E-state index in [1.54, 1.807) is 30.5 Å². The number of carbonyl (C=O) groups excluding carboxylic acids is 1. The van der Waals surface area contributed by atoms with E-state index in [1.165, 1.54) is 26.6 Å². The van der Waals surface area contributed by atoms with E-state index in [4.69, 9.17) is 37.4 Å². The zero-order chi connectivity index (χ0) is 27.5. The summed E-state index contributed by atoms with van der Waals surface area (Å²) in [5.74, 6) is 1.27. The zero-order valence-corrected chi connectivity index (χ0v) is 22.7. The molecule has 202 valence electrons. The lowest BCUT2D eigenvalue weighted by molar-refractivity contribution is 0.174. The molecule has 1 aliphatic heterocycles. The van der Waals surface area contributed by atoms with Gasteiger partial charge in [-0.05, 0) is 30.2 Å². The lowest BCUT2D eigenvalue weighted by Gasteiger charge is -2.16. The Morgan fingerprint density at radius 3 is 2.36 bits per heavy atom. The molecule has 1 saturated heterocycles. The Bertz CT molecular complexity index is 1490. The van der Waals surface area contributed by atoms with Crippen LogP contribution in [0, 0.1) is 0 Å². The Hall–Kier alpha value is -3.70. The van der Waals surface area contributed by atoms with Crippen LogP contribution < -0.4 is 19.5 Å². The molecule has 2 aromatic carbocycles. The summed E-state index contributed by atoms with van der Waals surface area (Å²) < 4.78 is 16.4. The number of fused-ring (bicyclic) bond motifs is 1. The second-order valence-corrected chi connectivity index (χ2v) is 9.65. The van der Waals surface area contributed by atoms with Crippen molar-refractivity contribution in [2.75, 3.05) is 32.6 Å². The van der Waals surface area contributed by atoms with E-state index in [9.17, 15) is 9.90 Å². The van der Waals surface area contributed by atoms with Gasteiger partial charge in [-0.25, -0.2) is 14.8 Å². The molecule has 0 aliphatic carbocycles. The SMILES string of the molecule is COc1cc(OC)c(Cl)c(-c2ccc(OC(=O)Nc3ccc(CN4CC[C@@H](O)C4)cn3)c3nccnc23)c1Cl. The summed E-state index contributed by atoms with van der Waals surface area (Å²) in [6, 6.07) is 8.45. The Balaban J connectivity index is 1.38. The fraction of sp³-hybridized carbons (Fsp3) is 0.259. The van der Waals surface area contributed by atoms with Crippen molar-refractivity contribution in [1.29, 1.82) is 0 Å². The Kier molecular flexibility index (Phi) is 7.99. The largest absolute Gasteiger partial charge is 0.495 e. The molecule has 3 heterocycles. The van der Waals surface area contributed by atoms with Gasteiger partial charge in [-0.1, -0.05) is 29.3 Å². The molecule has 1 amide bonds. The summed E-state index contributed by atoms with van der Waals surface area (Å²) >= 11 is 13.3. The molecule has 1 atom stereocenters. The highest BCUT2D eigenvalue weighted by Gasteiger charge is 2.23. The van der Waals surface area contributed by atoms with Gasteiger partial charge in [0.05, 0.1) is 30.4 Å². The standard InChI is InChI=1S/C27H25Cl2N5O5/c1-37-19-11-20(38-2)24(29)22(23(19)28)17-4-5-18(26-25(17)30-8-9-31-26)39-27(36)33-21-6-3-15(12-32-21)13-34-10-7-16(35)14-34/h3-6,8-9,11-12,16,35H,7,10,13-14H2,1-2H3,(H,32,33,36)/t16-/m1/s1. The van der Waals surface area contributed by atoms with Crippen molar-refractivity contribution in [1.82, 2.24) is 19.9 Å². The molecular formula is C27H25Cl2N5O5. The van der Waals surface area contributed by atoms with Crippen molar-refractivity contribution in [2.45, 2.75) is 19.1 Å². The number of likely N-dealkylation sites (tertiary alicyclic amines) is 1. The molecule has 1 fully saturated rings. The number of nitrogens with one attached hydrogen (secondary N) is 1. The number of hydrogen-bond acceptors (Lipinski definition) is 9. The lowest BCUT2D eigenvalue weighted by atomic mass is 10.0. The Morgan fingerprint density at radius 2 is 1.74 bits per heavy atom. The van der Waals surface area contributed by atoms with Crippen LogP contribution in [0.25, 0.3) is 22.2 Å². The molecule has 0 bridgehead atoms. The van der Waals surface area contributed by atoms with Gasteiger partial charge in [-0.15, -0.1) is 0 Å². The first-order chi connectivity index (χ1) is 18.9. The lowest BCUT2D eigenvalue weighted by Crippen LogP contribution is -2.21. The van der Waals surface area contributed by atoms with Crippen LogP contribution >= 0.6 is 23.2 Å². The van der Waals surface area contributed by atoms with Crippen LogP contribution in [0.15, 0.2) is 48.9 Å². The zero-order valence-electron chi connectivity index (χ0n) is 21.1. The quantitative estimate of drug-likeness (QED) is 0.309. The third-order valence-electron chi connectivity index (χ3n) is 6.34. The number of halogens is 2. The molecule has 2 aromatic heterocycles. The molecule has 10 nitrogen and oxygen atoms in total. The number of aliphatic hydroxyl groups is 1. The molecule has 4 aromatic rings. The topological polar surface area (TPSA) is 119 Å². The number of hydrogen-bond donors (Lipinski definition) is 2. The molecule has 5 rings (SSSR count). The predicted molar refractivity (Wildman–Crippen MR) is 148 cm³/mol. The maximum absolute atomic E-state index is 12.7. The van der Waals surface area contributed by atoms with Crippen molar-refractivity contribution < 1.29 is 24.1 Å². The summed E-state index contributed by atoms with van der Waals surface area (Å²) in [7, 11) is 2.99. The van der Waals surface area contributed by atoms with E-state index < -0.39 is 6.09 Å². The van der Waals surface area contributed by atoms with E-state index in [-0.39, 0.29) is 21.9 Å². The van der Waals surface area contributed by atoms with E-state index >= 15 is 0 Å². The first kappa shape index (κ1) is 26.9. The summed E-state index contributed by atoms with van der Waals surface area (Å²) in [6.45, 7) is 2.16. The molecular weight excluding hydrogens is 545 g/mol. The molecule has 1 aliphatic rings. The number of benzene rings is 2. The van der Waals surface area contributed by atoms with Crippen molar-refractivity contribution in [3.8, 4) is 28.4 Å². The van der Waals surface area contributed by atoms with Gasteiger partial charge in [0.2, 0.25) is 0 Å². The second-order valence-electron chi connectivity index (χ2n) is 8.89. The van der Waals surface area contributed by atoms with Crippen LogP contribution in [0.2, 0.25) is 10.0 Å². The molecule has 2 N–H and O–H groups in total. The number of nitrogens with zero attached hydrogens (tertiary/aromatic N) is 4. The van der Waals surface area contributed by atoms with Gasteiger partial charge in [0.25, 0.3) is 0 Å². The van der Waals surface area contributed by atoms with Crippen molar-refractivity contribution in [2.24, 2.45) is 0 Å². The van der Waals surface area contributed by atoms with E-state index in [0.29, 0.717) is 52.6 Å². The van der Waals surface area contributed by atoms with Crippen LogP contribution in [0.3, 0.4) is 0 Å². The minimum absolute atomic E-state index is 0.186. The number of pyridine rings is 1. The van der Waals surface area contributed by atoms with Crippen LogP contribution in [-0.2, 0) is 6.54 Å². The Labute approximate surface area is 234 Å². The van der Waals surface area contributed by atoms with Gasteiger partial charge < -0.3 is 19.3 Å². The Morgan fingerprint density at radius 1 is 1.03 bits per heavy atom. The fourth-order valence-electron chi connectivity index (χ4n) is 4.47. The maximum Gasteiger partial charge on any atom is 0.418 e. The molecule has 12 heteroatoms. The molecule has 0 radical (unpaired) electrons. The average Bonchev–Trinajstić information content (AvgIpc) is 3.35. The van der Waals surface area contributed by atoms with E-state index in [0.717, 1.165) is 18.5 Å². The summed E-state index contributed by atoms with van der Waals surface area (Å²) in [5, 5.41) is 12.9. The number of aliphatic hydroxyl groups excluding tert-OH is 1. The second kappa shape index (κ2) is 11.6. The van der Waals surface area contributed by atoms with Crippen LogP contribution in [0.5, 0.6) is 17.2 Å². The summed E-state index contributed by atoms with van der Waals surface area (Å²) in [4.78, 5) is 28.0. The predicted octanol–water partition coefficient (Wildman–Crippen LogP) is 5.19. The fourth-order valence-corrected chi connectivity index (χ4v) is 5.18. The van der Waals surface area contributed by atoms with Gasteiger partial charge in [-0.3, -0.25) is 15.2 Å². The number of ether oxygens (including phenoxy) is 3. The highest BCUT2D eigenvalue weighted by molar-refractivity contribution is 6.41. The van der Waals surface area contributed by atoms with E-state index in [2.05, 4.69) is 25.2 Å². The highest BCUT2D eigenvalue weighted by Crippen LogP contribution is 2.47. The first-order valence-electron chi connectivity index (χ1n) is 12.1. The number of aromatic nitrogens is 3. The van der Waals surface area contributed by atoms with Gasteiger partial charge in [0.1, 0.15) is 28.4 Å². The van der Waals surface area contributed by atoms with Gasteiger partial charge in [0.15, 0.2) is 5.75 Å². The highest BCUT2D eigenvalue weighted by atomic mass is 35.5. The van der Waals surface area contributed by atoms with Crippen LogP contribution in [0.1, 0.15) is 12.0 Å². The number of carbonyl (C=O) groups is 1. The third-order valence-corrected chi connectivity index (χ3v) is 7.09. The number of β-amino-alcohol motifs (C(OH)–C–C–N with tert-alkyl or cyclic N) is 1. The number of amides is 1. The summed E-state index contributed by atoms with van der Waals surface area (Å²) in [5.41, 5.74) is 2.72.